The van der Waals surface area contributed by atoms with Crippen LogP contribution in [0.3, 0.4) is 0 Å². The lowest BCUT2D eigenvalue weighted by atomic mass is 10.3. The lowest BCUT2D eigenvalue weighted by Gasteiger charge is -2.34. The van der Waals surface area contributed by atoms with Gasteiger partial charge in [0, 0.05) is 43.1 Å². The Hall–Kier alpha value is -0.100. The molecule has 3 nitrogen and oxygen atoms in total. The molecule has 0 saturated carbocycles. The van der Waals surface area contributed by atoms with Gasteiger partial charge in [-0.25, -0.2) is 0 Å². The van der Waals surface area contributed by atoms with Crippen molar-refractivity contribution in [2.24, 2.45) is 0 Å². The number of piperazine rings is 1. The normalized spacial score (nSPS) is 17.4. The molecule has 1 fully saturated rings. The first-order valence-electron chi connectivity index (χ1n) is 5.53. The Kier molecular flexibility index (Phi) is 4.85. The highest BCUT2D eigenvalue weighted by molar-refractivity contribution is 9.10. The van der Waals surface area contributed by atoms with Gasteiger partial charge in [-0.1, -0.05) is 0 Å². The van der Waals surface area contributed by atoms with Gasteiger partial charge in [0.25, 0.3) is 5.91 Å². The largest absolute Gasteiger partial charge is 0.335 e. The Morgan fingerprint density at radius 3 is 2.65 bits per heavy atom. The molecule has 1 amide bonds. The molecule has 0 unspecified atom stereocenters. The molecule has 1 aromatic rings. The fourth-order valence-electron chi connectivity index (χ4n) is 1.88. The van der Waals surface area contributed by atoms with Gasteiger partial charge in [0.05, 0.1) is 0 Å². The van der Waals surface area contributed by atoms with Gasteiger partial charge in [0.15, 0.2) is 0 Å². The molecule has 2 rings (SSSR count). The summed E-state index contributed by atoms with van der Waals surface area (Å²) >= 11 is 10.6. The maximum atomic E-state index is 12.2. The molecule has 0 aromatic carbocycles. The summed E-state index contributed by atoms with van der Waals surface area (Å²) in [6.45, 7) is 4.33. The average molecular weight is 338 g/mol. The van der Waals surface area contributed by atoms with Crippen LogP contribution in [0, 0.1) is 0 Å². The molecule has 1 aliphatic heterocycles. The zero-order valence-electron chi connectivity index (χ0n) is 9.36. The summed E-state index contributed by atoms with van der Waals surface area (Å²) in [5, 5.41) is 1.93. The number of halogens is 2. The molecule has 0 bridgehead atoms. The minimum absolute atomic E-state index is 0.136. The van der Waals surface area contributed by atoms with Crippen molar-refractivity contribution < 1.29 is 4.79 Å². The Balaban J connectivity index is 1.93. The third-order valence-corrected chi connectivity index (χ3v) is 4.87. The molecule has 0 spiro atoms. The standard InChI is InChI=1S/C11H14BrClN2OS/c12-9-1-8-17-10(9)11(16)15-6-4-14(3-2-13)5-7-15/h1,8H,2-7H2. The molecule has 0 atom stereocenters. The minimum atomic E-state index is 0.136. The van der Waals surface area contributed by atoms with Crippen molar-refractivity contribution in [3.63, 3.8) is 0 Å². The molecule has 2 heterocycles. The van der Waals surface area contributed by atoms with Crippen LogP contribution in [-0.4, -0.2) is 54.3 Å². The van der Waals surface area contributed by atoms with Crippen LogP contribution >= 0.6 is 38.9 Å². The molecule has 94 valence electrons. The molecular formula is C11H14BrClN2OS. The van der Waals surface area contributed by atoms with E-state index in [0.29, 0.717) is 5.88 Å². The van der Waals surface area contributed by atoms with Gasteiger partial charge in [0.1, 0.15) is 4.88 Å². The first-order chi connectivity index (χ1) is 8.22. The molecule has 1 saturated heterocycles. The van der Waals surface area contributed by atoms with Gasteiger partial charge in [0.2, 0.25) is 0 Å². The number of rotatable bonds is 3. The number of alkyl halides is 1. The van der Waals surface area contributed by atoms with E-state index in [1.165, 1.54) is 11.3 Å². The van der Waals surface area contributed by atoms with E-state index < -0.39 is 0 Å². The van der Waals surface area contributed by atoms with E-state index in [9.17, 15) is 4.79 Å². The van der Waals surface area contributed by atoms with Crippen LogP contribution in [-0.2, 0) is 0 Å². The summed E-state index contributed by atoms with van der Waals surface area (Å²) in [5.41, 5.74) is 0. The van der Waals surface area contributed by atoms with Crippen molar-refractivity contribution in [3.8, 4) is 0 Å². The van der Waals surface area contributed by atoms with Crippen molar-refractivity contribution in [2.45, 2.75) is 0 Å². The third kappa shape index (κ3) is 3.22. The minimum Gasteiger partial charge on any atom is -0.335 e. The molecule has 1 aliphatic rings. The summed E-state index contributed by atoms with van der Waals surface area (Å²) in [5.74, 6) is 0.794. The number of carbonyl (C=O) groups is 1. The summed E-state index contributed by atoms with van der Waals surface area (Å²) in [7, 11) is 0. The van der Waals surface area contributed by atoms with Gasteiger partial charge in [-0.15, -0.1) is 22.9 Å². The third-order valence-electron chi connectivity index (χ3n) is 2.87. The van der Waals surface area contributed by atoms with E-state index >= 15 is 0 Å². The van der Waals surface area contributed by atoms with Crippen LogP contribution in [0.4, 0.5) is 0 Å². The fourth-order valence-corrected chi connectivity index (χ4v) is 3.63. The number of hydrogen-bond donors (Lipinski definition) is 0. The van der Waals surface area contributed by atoms with E-state index in [2.05, 4.69) is 20.8 Å². The summed E-state index contributed by atoms with van der Waals surface area (Å²) < 4.78 is 0.899. The van der Waals surface area contributed by atoms with Crippen LogP contribution in [0.5, 0.6) is 0 Å². The molecule has 6 heteroatoms. The van der Waals surface area contributed by atoms with Gasteiger partial charge in [-0.05, 0) is 27.4 Å². The maximum Gasteiger partial charge on any atom is 0.265 e. The van der Waals surface area contributed by atoms with Crippen molar-refractivity contribution in [3.05, 3.63) is 20.8 Å². The van der Waals surface area contributed by atoms with Gasteiger partial charge >= 0.3 is 0 Å². The number of nitrogens with zero attached hydrogens (tertiary/aromatic N) is 2. The Labute approximate surface area is 118 Å². The van der Waals surface area contributed by atoms with E-state index in [-0.39, 0.29) is 5.91 Å². The summed E-state index contributed by atoms with van der Waals surface area (Å²) in [6.07, 6.45) is 0. The Bertz CT molecular complexity index is 391. The second-order valence-corrected chi connectivity index (χ2v) is 6.07. The van der Waals surface area contributed by atoms with Gasteiger partial charge in [-0.2, -0.15) is 0 Å². The van der Waals surface area contributed by atoms with E-state index in [4.69, 9.17) is 11.6 Å². The highest BCUT2D eigenvalue weighted by atomic mass is 79.9. The molecule has 0 aliphatic carbocycles. The van der Waals surface area contributed by atoms with Crippen LogP contribution in [0.15, 0.2) is 15.9 Å². The van der Waals surface area contributed by atoms with Crippen LogP contribution < -0.4 is 0 Å². The first kappa shape index (κ1) is 13.3. The van der Waals surface area contributed by atoms with Crippen molar-refractivity contribution in [1.82, 2.24) is 9.80 Å². The topological polar surface area (TPSA) is 23.6 Å². The Morgan fingerprint density at radius 2 is 2.12 bits per heavy atom. The number of carbonyl (C=O) groups excluding carboxylic acids is 1. The quantitative estimate of drug-likeness (QED) is 0.791. The summed E-state index contributed by atoms with van der Waals surface area (Å²) in [4.78, 5) is 17.2. The predicted octanol–water partition coefficient (Wildman–Crippen LogP) is 2.51. The second kappa shape index (κ2) is 6.18. The van der Waals surface area contributed by atoms with Crippen LogP contribution in [0.1, 0.15) is 9.67 Å². The van der Waals surface area contributed by atoms with Crippen molar-refractivity contribution >= 4 is 44.8 Å². The second-order valence-electron chi connectivity index (χ2n) is 3.92. The van der Waals surface area contributed by atoms with E-state index in [0.717, 1.165) is 42.1 Å². The number of hydrogen-bond acceptors (Lipinski definition) is 3. The lowest BCUT2D eigenvalue weighted by molar-refractivity contribution is 0.0648. The molecule has 0 N–H and O–H groups in total. The zero-order valence-corrected chi connectivity index (χ0v) is 12.5. The van der Waals surface area contributed by atoms with Gasteiger partial charge < -0.3 is 4.90 Å². The monoisotopic (exact) mass is 336 g/mol. The maximum absolute atomic E-state index is 12.2. The van der Waals surface area contributed by atoms with E-state index in [1.807, 2.05) is 16.3 Å². The fraction of sp³-hybridized carbons (Fsp3) is 0.545. The molecule has 1 aromatic heterocycles. The molecule has 0 radical (unpaired) electrons. The highest BCUT2D eigenvalue weighted by Crippen LogP contribution is 2.24. The van der Waals surface area contributed by atoms with E-state index in [1.54, 1.807) is 0 Å². The van der Waals surface area contributed by atoms with Crippen LogP contribution in [0.2, 0.25) is 0 Å². The predicted molar refractivity (Wildman–Crippen MR) is 75.1 cm³/mol. The smallest absolute Gasteiger partial charge is 0.265 e. The van der Waals surface area contributed by atoms with Crippen molar-refractivity contribution in [2.75, 3.05) is 38.6 Å². The molecule has 17 heavy (non-hydrogen) atoms. The van der Waals surface area contributed by atoms with Crippen molar-refractivity contribution in [1.29, 1.82) is 0 Å². The number of amides is 1. The first-order valence-corrected chi connectivity index (χ1v) is 7.73. The summed E-state index contributed by atoms with van der Waals surface area (Å²) in [6, 6.07) is 1.92. The number of thiophene rings is 1. The van der Waals surface area contributed by atoms with Gasteiger partial charge in [-0.3, -0.25) is 9.69 Å². The lowest BCUT2D eigenvalue weighted by Crippen LogP contribution is -2.49. The highest BCUT2D eigenvalue weighted by Gasteiger charge is 2.23. The molecular weight excluding hydrogens is 324 g/mol. The SMILES string of the molecule is O=C(c1sccc1Br)N1CCN(CCCl)CC1. The average Bonchev–Trinajstić information content (AvgIpc) is 2.76. The Morgan fingerprint density at radius 1 is 1.41 bits per heavy atom. The zero-order chi connectivity index (χ0) is 12.3. The van der Waals surface area contributed by atoms with Crippen LogP contribution in [0.25, 0.3) is 0 Å².